The van der Waals surface area contributed by atoms with Crippen molar-refractivity contribution in [1.82, 2.24) is 0 Å². The lowest BCUT2D eigenvalue weighted by atomic mass is 10.4. The molecule has 3 rings (SSSR count). The number of halogens is 1. The fraction of sp³-hybridized carbons (Fsp3) is 0.500. The molecule has 0 aromatic rings. The fourth-order valence-corrected chi connectivity index (χ4v) is 4.07. The van der Waals surface area contributed by atoms with Crippen LogP contribution in [0.5, 0.6) is 0 Å². The molecule has 1 unspecified atom stereocenters. The molecule has 12 heavy (non-hydrogen) atoms. The van der Waals surface area contributed by atoms with Crippen LogP contribution in [0.25, 0.3) is 0 Å². The van der Waals surface area contributed by atoms with Crippen LogP contribution >= 0.6 is 32.4 Å². The van der Waals surface area contributed by atoms with Crippen LogP contribution in [0, 0.1) is 5.92 Å². The topological polar surface area (TPSA) is 34.0 Å². The molecule has 0 amide bonds. The zero-order chi connectivity index (χ0) is 8.13. The summed E-state index contributed by atoms with van der Waals surface area (Å²) < 4.78 is 9.56. The van der Waals surface area contributed by atoms with Crippen LogP contribution in [-0.4, -0.2) is 16.1 Å². The van der Waals surface area contributed by atoms with E-state index in [4.69, 9.17) is 15.8 Å². The van der Waals surface area contributed by atoms with Gasteiger partial charge in [-0.1, -0.05) is 11.6 Å². The zero-order valence-corrected chi connectivity index (χ0v) is 8.38. The normalized spacial score (nSPS) is 32.8. The molecule has 3 aliphatic rings. The molecule has 0 bridgehead atoms. The summed E-state index contributed by atoms with van der Waals surface area (Å²) in [5, 5.41) is 0.513. The summed E-state index contributed by atoms with van der Waals surface area (Å²) >= 11 is 5.82. The zero-order valence-electron chi connectivity index (χ0n) is 5.99. The second-order valence-electron chi connectivity index (χ2n) is 2.80. The van der Waals surface area contributed by atoms with Crippen LogP contribution in [0.4, 0.5) is 0 Å². The molecule has 2 heterocycles. The van der Waals surface area contributed by atoms with Gasteiger partial charge < -0.3 is 4.18 Å². The van der Waals surface area contributed by atoms with E-state index in [2.05, 4.69) is 9.39 Å². The van der Waals surface area contributed by atoms with Gasteiger partial charge in [-0.05, 0) is 12.8 Å². The van der Waals surface area contributed by atoms with Gasteiger partial charge in [0.1, 0.15) is 9.80 Å². The summed E-state index contributed by atoms with van der Waals surface area (Å²) in [5.41, 5.74) is 0. The van der Waals surface area contributed by atoms with Gasteiger partial charge in [0.2, 0.25) is 5.90 Å². The minimum Gasteiger partial charge on any atom is -0.404 e. The Balaban J connectivity index is 1.91. The number of hydrogen-bond donors (Lipinski definition) is 0. The van der Waals surface area contributed by atoms with Gasteiger partial charge in [0.25, 0.3) is 0 Å². The lowest BCUT2D eigenvalue weighted by Gasteiger charge is -1.98. The molecular weight excluding hydrogens is 216 g/mol. The van der Waals surface area contributed by atoms with Gasteiger partial charge in [-0.2, -0.15) is 4.40 Å². The van der Waals surface area contributed by atoms with E-state index >= 15 is 0 Å². The Kier molecular flexibility index (Phi) is 1.54. The van der Waals surface area contributed by atoms with Gasteiger partial charge in [-0.25, -0.2) is 4.99 Å². The van der Waals surface area contributed by atoms with Crippen LogP contribution < -0.4 is 0 Å². The highest BCUT2D eigenvalue weighted by Gasteiger charge is 2.36. The highest BCUT2D eigenvalue weighted by atomic mass is 35.5. The largest absolute Gasteiger partial charge is 0.404 e. The van der Waals surface area contributed by atoms with Crippen molar-refractivity contribution in [3.63, 3.8) is 0 Å². The number of nitrogens with zero attached hydrogens (tertiary/aromatic N) is 2. The molecule has 1 fully saturated rings. The third-order valence-electron chi connectivity index (χ3n) is 1.82. The first-order valence-corrected chi connectivity index (χ1v) is 6.46. The first-order chi connectivity index (χ1) is 5.84. The Labute approximate surface area is 80.9 Å². The third-order valence-corrected chi connectivity index (χ3v) is 4.92. The molecule has 6 heteroatoms. The van der Waals surface area contributed by atoms with Crippen molar-refractivity contribution in [2.24, 2.45) is 15.3 Å². The van der Waals surface area contributed by atoms with Crippen molar-refractivity contribution < 1.29 is 4.18 Å². The minimum atomic E-state index is -0.315. The Bertz CT molecular complexity index is 345. The van der Waals surface area contributed by atoms with Gasteiger partial charge in [0.15, 0.2) is 10.2 Å². The molecular formula is C6H5ClN2OS2. The standard InChI is InChI=1S/C6H5ClN2OS2/c7-4-6-8-5(3-1-2-3)10-12(6)11-9-4/h3H,1-2H2. The average molecular weight is 221 g/mol. The van der Waals surface area contributed by atoms with Gasteiger partial charge in [-0.3, -0.25) is 0 Å². The first-order valence-electron chi connectivity index (χ1n) is 3.64. The van der Waals surface area contributed by atoms with Crippen molar-refractivity contribution >= 4 is 48.4 Å². The summed E-state index contributed by atoms with van der Waals surface area (Å²) in [7, 11) is 1.07. The van der Waals surface area contributed by atoms with E-state index in [1.807, 2.05) is 0 Å². The molecule has 0 saturated heterocycles. The van der Waals surface area contributed by atoms with Crippen molar-refractivity contribution in [3.8, 4) is 0 Å². The van der Waals surface area contributed by atoms with E-state index in [0.29, 0.717) is 11.1 Å². The summed E-state index contributed by atoms with van der Waals surface area (Å²) in [5.74, 6) is 1.45. The summed E-state index contributed by atoms with van der Waals surface area (Å²) in [6, 6.07) is 0. The summed E-state index contributed by atoms with van der Waals surface area (Å²) in [6.07, 6.45) is 2.42. The number of aliphatic imine (C=N–C) groups is 1. The number of hydrogen-bond acceptors (Lipinski definition) is 4. The van der Waals surface area contributed by atoms with Crippen LogP contribution in [0.3, 0.4) is 0 Å². The van der Waals surface area contributed by atoms with Gasteiger partial charge in [-0.15, -0.1) is 0 Å². The summed E-state index contributed by atoms with van der Waals surface area (Å²) in [4.78, 5) is 5.17. The Morgan fingerprint density at radius 3 is 3.08 bits per heavy atom. The molecule has 1 atom stereocenters. The molecule has 0 spiro atoms. The van der Waals surface area contributed by atoms with Crippen LogP contribution in [-0.2, 0) is 4.18 Å². The van der Waals surface area contributed by atoms with Crippen LogP contribution in [0.2, 0.25) is 0 Å². The molecule has 0 aromatic heterocycles. The third kappa shape index (κ3) is 1.03. The van der Waals surface area contributed by atoms with E-state index in [1.54, 1.807) is 0 Å². The SMILES string of the molecule is ClC1=NSS2=C1N=C(C1CC1)O2. The molecule has 1 aliphatic carbocycles. The van der Waals surface area contributed by atoms with Gasteiger partial charge in [0, 0.05) is 5.92 Å². The second-order valence-corrected chi connectivity index (χ2v) is 5.87. The minimum absolute atomic E-state index is 0.315. The molecule has 0 N–H and O–H groups in total. The maximum Gasteiger partial charge on any atom is 0.208 e. The highest BCUT2D eigenvalue weighted by molar-refractivity contribution is 8.82. The molecule has 0 radical (unpaired) electrons. The van der Waals surface area contributed by atoms with Crippen molar-refractivity contribution in [2.45, 2.75) is 12.8 Å². The van der Waals surface area contributed by atoms with E-state index < -0.39 is 0 Å². The predicted molar refractivity (Wildman–Crippen MR) is 54.7 cm³/mol. The Morgan fingerprint density at radius 2 is 2.42 bits per heavy atom. The molecule has 2 aliphatic heterocycles. The molecule has 3 nitrogen and oxygen atoms in total. The lowest BCUT2D eigenvalue weighted by Crippen LogP contribution is -2.02. The number of rotatable bonds is 1. The molecule has 0 aromatic carbocycles. The summed E-state index contributed by atoms with van der Waals surface area (Å²) in [6.45, 7) is 0. The van der Waals surface area contributed by atoms with Crippen molar-refractivity contribution in [1.29, 1.82) is 0 Å². The maximum absolute atomic E-state index is 5.82. The fourth-order valence-electron chi connectivity index (χ4n) is 1.03. The quantitative estimate of drug-likeness (QED) is 0.386. The maximum atomic E-state index is 5.82. The van der Waals surface area contributed by atoms with E-state index in [0.717, 1.165) is 10.9 Å². The molecule has 1 saturated carbocycles. The monoisotopic (exact) mass is 220 g/mol. The highest BCUT2D eigenvalue weighted by Crippen LogP contribution is 2.47. The smallest absolute Gasteiger partial charge is 0.208 e. The van der Waals surface area contributed by atoms with E-state index in [9.17, 15) is 0 Å². The lowest BCUT2D eigenvalue weighted by molar-refractivity contribution is 0.626. The van der Waals surface area contributed by atoms with E-state index in [1.165, 1.54) is 23.8 Å². The van der Waals surface area contributed by atoms with Gasteiger partial charge >= 0.3 is 0 Å². The van der Waals surface area contributed by atoms with Gasteiger partial charge in [0.05, 0.1) is 11.0 Å². The van der Waals surface area contributed by atoms with Crippen molar-refractivity contribution in [3.05, 3.63) is 0 Å². The Morgan fingerprint density at radius 1 is 1.58 bits per heavy atom. The second kappa shape index (κ2) is 2.49. The molecule has 64 valence electrons. The predicted octanol–water partition coefficient (Wildman–Crippen LogP) is 2.35. The van der Waals surface area contributed by atoms with E-state index in [-0.39, 0.29) is 9.80 Å². The van der Waals surface area contributed by atoms with Crippen LogP contribution in [0.1, 0.15) is 12.8 Å². The Hall–Kier alpha value is -0.000000000000000111. The van der Waals surface area contributed by atoms with Crippen LogP contribution in [0.15, 0.2) is 9.39 Å². The average Bonchev–Trinajstić information content (AvgIpc) is 2.73. The first kappa shape index (κ1) is 7.41. The van der Waals surface area contributed by atoms with Crippen molar-refractivity contribution in [2.75, 3.05) is 0 Å².